The zero-order chi connectivity index (χ0) is 26.3. The molecule has 0 radical (unpaired) electrons. The highest BCUT2D eigenvalue weighted by molar-refractivity contribution is 6.05. The molecule has 1 aromatic carbocycles. The van der Waals surface area contributed by atoms with Crippen LogP contribution >= 0.6 is 0 Å². The van der Waals surface area contributed by atoms with Gasteiger partial charge in [-0.05, 0) is 56.4 Å². The first kappa shape index (κ1) is 23.7. The summed E-state index contributed by atoms with van der Waals surface area (Å²) in [6.07, 6.45) is -1.30. The van der Waals surface area contributed by atoms with Crippen molar-refractivity contribution >= 4 is 23.3 Å². The summed E-state index contributed by atoms with van der Waals surface area (Å²) < 4.78 is 48.9. The summed E-state index contributed by atoms with van der Waals surface area (Å²) in [5, 5.41) is 6.98. The Kier molecular flexibility index (Phi) is 5.07. The first-order chi connectivity index (χ1) is 17.4. The lowest BCUT2D eigenvalue weighted by atomic mass is 9.97. The Morgan fingerprint density at radius 2 is 2.03 bits per heavy atom. The van der Waals surface area contributed by atoms with Gasteiger partial charge < -0.3 is 20.7 Å². The van der Waals surface area contributed by atoms with Crippen LogP contribution in [-0.2, 0) is 17.5 Å². The molecule has 0 spiro atoms. The van der Waals surface area contributed by atoms with E-state index in [9.17, 15) is 22.8 Å². The van der Waals surface area contributed by atoms with Crippen LogP contribution in [0.15, 0.2) is 24.4 Å². The zero-order valence-corrected chi connectivity index (χ0v) is 20.2. The first-order valence-electron chi connectivity index (χ1n) is 12.1. The van der Waals surface area contributed by atoms with Crippen LogP contribution in [0.25, 0.3) is 16.9 Å². The average Bonchev–Trinajstić information content (AvgIpc) is 3.54. The molecular weight excluding hydrogens is 489 g/mol. The summed E-state index contributed by atoms with van der Waals surface area (Å²) in [6, 6.07) is 3.91. The predicted molar refractivity (Wildman–Crippen MR) is 127 cm³/mol. The Morgan fingerprint density at radius 1 is 1.30 bits per heavy atom. The van der Waals surface area contributed by atoms with Crippen molar-refractivity contribution in [3.63, 3.8) is 0 Å². The molecule has 3 N–H and O–H groups in total. The fourth-order valence-electron chi connectivity index (χ4n) is 5.15. The van der Waals surface area contributed by atoms with Gasteiger partial charge >= 0.3 is 6.18 Å². The van der Waals surface area contributed by atoms with E-state index in [-0.39, 0.29) is 46.4 Å². The molecule has 3 aliphatic rings. The van der Waals surface area contributed by atoms with Gasteiger partial charge in [0.05, 0.1) is 35.6 Å². The van der Waals surface area contributed by atoms with Gasteiger partial charge in [0.25, 0.3) is 11.8 Å². The number of nitrogens with zero attached hydrogens (tertiary/aromatic N) is 4. The van der Waals surface area contributed by atoms with Crippen molar-refractivity contribution in [1.29, 1.82) is 0 Å². The molecule has 2 fully saturated rings. The van der Waals surface area contributed by atoms with Gasteiger partial charge in [0.2, 0.25) is 0 Å². The van der Waals surface area contributed by atoms with E-state index in [2.05, 4.69) is 15.4 Å². The number of amides is 2. The van der Waals surface area contributed by atoms with Gasteiger partial charge in [-0.25, -0.2) is 9.50 Å². The summed E-state index contributed by atoms with van der Waals surface area (Å²) in [4.78, 5) is 32.1. The molecular formula is C25H25F3N6O3. The summed E-state index contributed by atoms with van der Waals surface area (Å²) in [5.74, 6) is -0.816. The van der Waals surface area contributed by atoms with Crippen molar-refractivity contribution in [3.05, 3.63) is 46.6 Å². The molecule has 6 rings (SSSR count). The molecule has 4 heterocycles. The van der Waals surface area contributed by atoms with Crippen LogP contribution in [0, 0.1) is 5.92 Å². The minimum absolute atomic E-state index is 0.0341. The summed E-state index contributed by atoms with van der Waals surface area (Å²) >= 11 is 0. The third kappa shape index (κ3) is 3.90. The smallest absolute Gasteiger partial charge is 0.381 e. The van der Waals surface area contributed by atoms with Gasteiger partial charge in [0.1, 0.15) is 5.56 Å². The second kappa shape index (κ2) is 7.91. The van der Waals surface area contributed by atoms with Gasteiger partial charge in [-0.15, -0.1) is 5.10 Å². The van der Waals surface area contributed by atoms with Crippen molar-refractivity contribution in [2.75, 3.05) is 18.9 Å². The van der Waals surface area contributed by atoms with Gasteiger partial charge in [-0.2, -0.15) is 13.2 Å². The molecule has 2 aromatic heterocycles. The van der Waals surface area contributed by atoms with E-state index in [1.807, 2.05) is 13.8 Å². The second-order valence-electron chi connectivity index (χ2n) is 10.4. The number of hydrogen-bond acceptors (Lipinski definition) is 6. The van der Waals surface area contributed by atoms with Crippen molar-refractivity contribution in [2.24, 2.45) is 5.92 Å². The zero-order valence-electron chi connectivity index (χ0n) is 20.2. The number of carbonyl (C=O) groups excluding carboxylic acids is 2. The quantitative estimate of drug-likeness (QED) is 0.540. The average molecular weight is 515 g/mol. The van der Waals surface area contributed by atoms with Crippen molar-refractivity contribution in [1.82, 2.24) is 24.8 Å². The second-order valence-corrected chi connectivity index (χ2v) is 10.4. The van der Waals surface area contributed by atoms with E-state index < -0.39 is 29.1 Å². The van der Waals surface area contributed by atoms with Gasteiger partial charge in [0, 0.05) is 24.3 Å². The van der Waals surface area contributed by atoms with Gasteiger partial charge in [0.15, 0.2) is 11.5 Å². The molecule has 1 unspecified atom stereocenters. The number of carbonyl (C=O) groups is 2. The van der Waals surface area contributed by atoms with Crippen LogP contribution in [0.2, 0.25) is 0 Å². The number of anilines is 1. The normalized spacial score (nSPS) is 19.6. The van der Waals surface area contributed by atoms with Crippen LogP contribution in [0.5, 0.6) is 0 Å². The highest BCUT2D eigenvalue weighted by Gasteiger charge is 2.44. The number of rotatable bonds is 5. The highest BCUT2D eigenvalue weighted by atomic mass is 19.4. The van der Waals surface area contributed by atoms with Crippen LogP contribution < -0.4 is 11.1 Å². The maximum atomic E-state index is 14.1. The third-order valence-corrected chi connectivity index (χ3v) is 7.43. The fraction of sp³-hybridized carbons (Fsp3) is 0.440. The monoisotopic (exact) mass is 514 g/mol. The SMILES string of the molecule is CC(C1CC1)N1Cc2cc(-c3ccn4nc(N)c(C(=O)NC5(C)COC5)c4n3)cc(C(F)(F)F)c2C1=O. The fourth-order valence-corrected chi connectivity index (χ4v) is 5.15. The molecule has 1 saturated carbocycles. The molecule has 37 heavy (non-hydrogen) atoms. The molecule has 1 aliphatic carbocycles. The van der Waals surface area contributed by atoms with E-state index in [1.54, 1.807) is 6.07 Å². The number of alkyl halides is 3. The van der Waals surface area contributed by atoms with Crippen LogP contribution in [-0.4, -0.2) is 56.1 Å². The number of ether oxygens (including phenoxy) is 1. The predicted octanol–water partition coefficient (Wildman–Crippen LogP) is 3.27. The maximum absolute atomic E-state index is 14.1. The molecule has 9 nitrogen and oxygen atoms in total. The van der Waals surface area contributed by atoms with E-state index in [0.717, 1.165) is 18.9 Å². The third-order valence-electron chi connectivity index (χ3n) is 7.43. The Balaban J connectivity index is 1.42. The molecule has 12 heteroatoms. The summed E-state index contributed by atoms with van der Waals surface area (Å²) in [7, 11) is 0. The Morgan fingerprint density at radius 3 is 2.65 bits per heavy atom. The van der Waals surface area contributed by atoms with Gasteiger partial charge in [-0.1, -0.05) is 0 Å². The maximum Gasteiger partial charge on any atom is 0.417 e. The molecule has 3 aromatic rings. The van der Waals surface area contributed by atoms with Crippen molar-refractivity contribution in [3.8, 4) is 11.3 Å². The summed E-state index contributed by atoms with van der Waals surface area (Å²) in [6.45, 7) is 4.52. The number of benzene rings is 1. The molecule has 0 bridgehead atoms. The molecule has 2 aliphatic heterocycles. The minimum atomic E-state index is -4.73. The number of nitrogens with one attached hydrogen (secondary N) is 1. The topological polar surface area (TPSA) is 115 Å². The molecule has 2 amide bonds. The largest absolute Gasteiger partial charge is 0.417 e. The van der Waals surface area contributed by atoms with Crippen molar-refractivity contribution in [2.45, 2.75) is 51.0 Å². The molecule has 1 atom stereocenters. The lowest BCUT2D eigenvalue weighted by Crippen LogP contribution is -2.59. The van der Waals surface area contributed by atoms with E-state index in [0.29, 0.717) is 24.7 Å². The number of fused-ring (bicyclic) bond motifs is 2. The number of nitrogens with two attached hydrogens (primary N) is 1. The number of hydrogen-bond donors (Lipinski definition) is 2. The van der Waals surface area contributed by atoms with Crippen molar-refractivity contribution < 1.29 is 27.5 Å². The standard InChI is InChI=1S/C25H25F3N6O3/c1-12(13-3-4-13)33-9-15-7-14(8-16(25(26,27)28)18(15)23(33)36)17-5-6-34-21(30-17)19(20(29)32-34)22(35)31-24(2)10-37-11-24/h5-8,12-13H,3-4,9-11H2,1-2H3,(H2,29,32)(H,31,35). The lowest BCUT2D eigenvalue weighted by Gasteiger charge is -2.38. The van der Waals surface area contributed by atoms with Crippen LogP contribution in [0.1, 0.15) is 58.5 Å². The lowest BCUT2D eigenvalue weighted by molar-refractivity contribution is -0.137. The molecule has 1 saturated heterocycles. The van der Waals surface area contributed by atoms with E-state index in [4.69, 9.17) is 10.5 Å². The molecule has 194 valence electrons. The minimum Gasteiger partial charge on any atom is -0.381 e. The van der Waals surface area contributed by atoms with Gasteiger partial charge in [-0.3, -0.25) is 9.59 Å². The first-order valence-corrected chi connectivity index (χ1v) is 12.1. The summed E-state index contributed by atoms with van der Waals surface area (Å²) in [5.41, 5.74) is 5.03. The Hall–Kier alpha value is -3.67. The Bertz CT molecular complexity index is 1460. The number of aromatic nitrogens is 3. The van der Waals surface area contributed by atoms with E-state index in [1.165, 1.54) is 21.7 Å². The van der Waals surface area contributed by atoms with Crippen LogP contribution in [0.4, 0.5) is 19.0 Å². The van der Waals surface area contributed by atoms with E-state index >= 15 is 0 Å². The number of halogens is 3. The number of nitrogen functional groups attached to an aromatic ring is 1. The van der Waals surface area contributed by atoms with Crippen LogP contribution in [0.3, 0.4) is 0 Å². The Labute approximate surface area is 209 Å². The highest BCUT2D eigenvalue weighted by Crippen LogP contribution is 2.43.